The number of aromatic nitrogens is 2. The highest BCUT2D eigenvalue weighted by Crippen LogP contribution is 2.40. The fraction of sp³-hybridized carbons (Fsp3) is 0.429. The van der Waals surface area contributed by atoms with E-state index in [-0.39, 0.29) is 22.3 Å². The highest BCUT2D eigenvalue weighted by Gasteiger charge is 2.41. The van der Waals surface area contributed by atoms with E-state index < -0.39 is 8.32 Å². The maximum Gasteiger partial charge on any atom is 0.247 e. The van der Waals surface area contributed by atoms with Crippen molar-refractivity contribution >= 4 is 48.1 Å². The Kier molecular flexibility index (Phi) is 10.7. The molecule has 0 unspecified atom stereocenters. The van der Waals surface area contributed by atoms with Gasteiger partial charge in [0.25, 0.3) is 0 Å². The molecule has 3 aromatic rings. The van der Waals surface area contributed by atoms with E-state index >= 15 is 0 Å². The Bertz CT molecular complexity index is 1290. The number of carbonyl (C=O) groups excluding carboxylic acids is 1. The van der Waals surface area contributed by atoms with Crippen LogP contribution in [0.25, 0.3) is 16.3 Å². The highest BCUT2D eigenvalue weighted by atomic mass is 35.5. The van der Waals surface area contributed by atoms with E-state index in [1.165, 1.54) is 6.92 Å². The summed E-state index contributed by atoms with van der Waals surface area (Å²) in [5.41, 5.74) is 9.67. The van der Waals surface area contributed by atoms with Crippen molar-refractivity contribution in [2.75, 3.05) is 5.73 Å². The number of rotatable bonds is 7. The first-order valence-corrected chi connectivity index (χ1v) is 15.9. The zero-order valence-electron chi connectivity index (χ0n) is 23.2. The molecule has 0 aliphatic heterocycles. The van der Waals surface area contributed by atoms with E-state index in [0.29, 0.717) is 34.6 Å². The van der Waals surface area contributed by atoms with E-state index in [2.05, 4.69) is 67.4 Å². The normalized spacial score (nSPS) is 13.2. The topological polar surface area (TPSA) is 95.6 Å². The molecule has 204 valence electrons. The third-order valence-corrected chi connectivity index (χ3v) is 11.9. The van der Waals surface area contributed by atoms with E-state index in [0.717, 1.165) is 16.7 Å². The summed E-state index contributed by atoms with van der Waals surface area (Å²) in [6, 6.07) is 11.1. The third-order valence-electron chi connectivity index (χ3n) is 6.81. The highest BCUT2D eigenvalue weighted by molar-refractivity contribution is 6.74. The van der Waals surface area contributed by atoms with Gasteiger partial charge in [-0.15, -0.1) is 10.2 Å². The fourth-order valence-corrected chi connectivity index (χ4v) is 5.23. The minimum absolute atomic E-state index is 0.0618. The Balaban J connectivity index is 0.00000118. The molecule has 38 heavy (non-hydrogen) atoms. The van der Waals surface area contributed by atoms with Crippen LogP contribution in [0.3, 0.4) is 0 Å². The molecule has 0 fully saturated rings. The van der Waals surface area contributed by atoms with E-state index in [4.69, 9.17) is 32.7 Å². The smallest absolute Gasteiger partial charge is 0.247 e. The van der Waals surface area contributed by atoms with Crippen molar-refractivity contribution in [1.29, 1.82) is 0 Å². The SMILES string of the molecule is CC(=O)Cl.[C-]#[N+]c1ccc(C[C@@H](c2nnc(-c3ccc(N)cc3)o2)[C@H](C)O[Si](C)(C)C(C)(C)C)c(C)c1Cl. The Labute approximate surface area is 236 Å². The zero-order chi connectivity index (χ0) is 28.8. The average molecular weight is 576 g/mol. The maximum atomic E-state index is 9.21. The number of benzene rings is 2. The van der Waals surface area contributed by atoms with Crippen LogP contribution in [0.1, 0.15) is 57.6 Å². The molecule has 0 amide bonds. The second-order valence-electron chi connectivity index (χ2n) is 10.7. The molecule has 1 aromatic heterocycles. The molecule has 0 bridgehead atoms. The Morgan fingerprint density at radius 3 is 2.29 bits per heavy atom. The van der Waals surface area contributed by atoms with E-state index in [1.807, 2.05) is 37.3 Å². The molecule has 2 aromatic carbocycles. The van der Waals surface area contributed by atoms with Crippen molar-refractivity contribution in [1.82, 2.24) is 10.2 Å². The zero-order valence-corrected chi connectivity index (χ0v) is 25.7. The molecule has 7 nitrogen and oxygen atoms in total. The van der Waals surface area contributed by atoms with Gasteiger partial charge < -0.3 is 14.6 Å². The monoisotopic (exact) mass is 574 g/mol. The largest absolute Gasteiger partial charge is 0.420 e. The molecular formula is C28H36Cl2N4O3Si. The predicted octanol–water partition coefficient (Wildman–Crippen LogP) is 8.34. The number of nitrogen functional groups attached to an aromatic ring is 1. The lowest BCUT2D eigenvalue weighted by Crippen LogP contribution is -2.44. The van der Waals surface area contributed by atoms with Gasteiger partial charge in [-0.1, -0.05) is 44.5 Å². The number of carbonyl (C=O) groups is 1. The van der Waals surface area contributed by atoms with Crippen LogP contribution in [-0.4, -0.2) is 29.9 Å². The van der Waals surface area contributed by atoms with Crippen LogP contribution in [0.5, 0.6) is 0 Å². The van der Waals surface area contributed by atoms with Crippen molar-refractivity contribution in [3.05, 3.63) is 69.9 Å². The summed E-state index contributed by atoms with van der Waals surface area (Å²) in [5.74, 6) is 0.776. The van der Waals surface area contributed by atoms with Gasteiger partial charge >= 0.3 is 0 Å². The van der Waals surface area contributed by atoms with Gasteiger partial charge in [0.15, 0.2) is 8.32 Å². The number of nitrogens with zero attached hydrogens (tertiary/aromatic N) is 3. The summed E-state index contributed by atoms with van der Waals surface area (Å²) >= 11 is 11.1. The predicted molar refractivity (Wildman–Crippen MR) is 157 cm³/mol. The maximum absolute atomic E-state index is 9.21. The Hall–Kier alpha value is -2.70. The van der Waals surface area contributed by atoms with Crippen molar-refractivity contribution < 1.29 is 13.6 Å². The molecule has 2 atom stereocenters. The van der Waals surface area contributed by atoms with Crippen LogP contribution < -0.4 is 5.73 Å². The van der Waals surface area contributed by atoms with Crippen molar-refractivity contribution in [2.24, 2.45) is 0 Å². The van der Waals surface area contributed by atoms with Crippen molar-refractivity contribution in [2.45, 2.75) is 78.1 Å². The van der Waals surface area contributed by atoms with E-state index in [9.17, 15) is 4.79 Å². The minimum atomic E-state index is -2.05. The fourth-order valence-electron chi connectivity index (χ4n) is 3.56. The standard InChI is InChI=1S/C26H33ClN4O2Si.C2H3ClO/c1-16-19(11-14-22(29-6)23(16)27)15-21(17(2)33-34(7,8)26(3,4)5)25-31-30-24(32-25)18-9-12-20(28)13-10-18;1-2(3)4/h9-14,17,21H,15,28H2,1-5,7-8H3;1H3/t17-,21+;/m0./s1. The van der Waals surface area contributed by atoms with Crippen LogP contribution in [0.2, 0.25) is 23.2 Å². The Morgan fingerprint density at radius 1 is 1.18 bits per heavy atom. The lowest BCUT2D eigenvalue weighted by atomic mass is 9.92. The first-order chi connectivity index (χ1) is 17.6. The van der Waals surface area contributed by atoms with Gasteiger partial charge in [-0.3, -0.25) is 4.79 Å². The third kappa shape index (κ3) is 8.15. The quantitative estimate of drug-likeness (QED) is 0.132. The van der Waals surface area contributed by atoms with Gasteiger partial charge in [0.2, 0.25) is 22.7 Å². The molecule has 3 rings (SSSR count). The number of hydrogen-bond acceptors (Lipinski definition) is 6. The molecule has 0 saturated carbocycles. The van der Waals surface area contributed by atoms with Gasteiger partial charge in [-0.05, 0) is 85.4 Å². The molecule has 0 radical (unpaired) electrons. The van der Waals surface area contributed by atoms with Crippen LogP contribution in [0.15, 0.2) is 40.8 Å². The lowest BCUT2D eigenvalue weighted by molar-refractivity contribution is -0.109. The van der Waals surface area contributed by atoms with Crippen LogP contribution in [-0.2, 0) is 15.6 Å². The first-order valence-electron chi connectivity index (χ1n) is 12.3. The molecular weight excluding hydrogens is 539 g/mol. The lowest BCUT2D eigenvalue weighted by Gasteiger charge is -2.40. The number of nitrogens with two attached hydrogens (primary N) is 1. The molecule has 0 spiro atoms. The molecule has 0 aliphatic carbocycles. The van der Waals surface area contributed by atoms with Crippen molar-refractivity contribution in [3.63, 3.8) is 0 Å². The minimum Gasteiger partial charge on any atom is -0.420 e. The second kappa shape index (κ2) is 12.9. The summed E-state index contributed by atoms with van der Waals surface area (Å²) < 4.78 is 12.9. The number of anilines is 1. The molecule has 10 heteroatoms. The van der Waals surface area contributed by atoms with Crippen LogP contribution in [0, 0.1) is 13.5 Å². The molecule has 1 heterocycles. The van der Waals surface area contributed by atoms with Gasteiger partial charge in [0, 0.05) is 18.2 Å². The Morgan fingerprint density at radius 2 is 1.76 bits per heavy atom. The first kappa shape index (κ1) is 31.5. The molecule has 0 aliphatic rings. The van der Waals surface area contributed by atoms with Gasteiger partial charge in [0.05, 0.1) is 23.6 Å². The van der Waals surface area contributed by atoms with Crippen molar-refractivity contribution in [3.8, 4) is 11.5 Å². The summed E-state index contributed by atoms with van der Waals surface area (Å²) in [5, 5.41) is 8.91. The van der Waals surface area contributed by atoms with E-state index in [1.54, 1.807) is 6.07 Å². The molecule has 2 N–H and O–H groups in total. The van der Waals surface area contributed by atoms with Crippen LogP contribution in [0.4, 0.5) is 11.4 Å². The summed E-state index contributed by atoms with van der Waals surface area (Å²) in [7, 11) is -2.05. The second-order valence-corrected chi connectivity index (χ2v) is 16.4. The molecule has 0 saturated heterocycles. The summed E-state index contributed by atoms with van der Waals surface area (Å²) in [6.45, 7) is 23.8. The summed E-state index contributed by atoms with van der Waals surface area (Å²) in [6.07, 6.45) is 0.433. The number of halogens is 2. The number of hydrogen-bond donors (Lipinski definition) is 1. The van der Waals surface area contributed by atoms with Gasteiger partial charge in [-0.2, -0.15) is 0 Å². The summed E-state index contributed by atoms with van der Waals surface area (Å²) in [4.78, 5) is 12.7. The average Bonchev–Trinajstić information content (AvgIpc) is 3.29. The van der Waals surface area contributed by atoms with Crippen LogP contribution >= 0.6 is 23.2 Å². The van der Waals surface area contributed by atoms with Gasteiger partial charge in [-0.25, -0.2) is 4.85 Å². The van der Waals surface area contributed by atoms with Gasteiger partial charge in [0.1, 0.15) is 0 Å².